The predicted octanol–water partition coefficient (Wildman–Crippen LogP) is -0.368. The summed E-state index contributed by atoms with van der Waals surface area (Å²) in [5.74, 6) is -0.780. The number of nitrogens with zero attached hydrogens (tertiary/aromatic N) is 1. The minimum atomic E-state index is -0.780. The van der Waals surface area contributed by atoms with Gasteiger partial charge in [-0.05, 0) is 12.8 Å². The molecule has 2 heterocycles. The van der Waals surface area contributed by atoms with Crippen molar-refractivity contribution in [3.8, 4) is 0 Å². The van der Waals surface area contributed by atoms with Crippen LogP contribution in [0.1, 0.15) is 29.4 Å². The summed E-state index contributed by atoms with van der Waals surface area (Å²) in [6, 6.07) is 0. The highest BCUT2D eigenvalue weighted by atomic mass is 16.5. The molecule has 1 unspecified atom stereocenters. The maximum Gasteiger partial charge on any atom is 0.345 e. The fraction of sp³-hybridized carbons (Fsp3) is 0.500. The number of hydrogen-bond acceptors (Lipinski definition) is 5. The lowest BCUT2D eigenvalue weighted by molar-refractivity contribution is 0.0506. The molecule has 1 saturated heterocycles. The summed E-state index contributed by atoms with van der Waals surface area (Å²) in [6.45, 7) is 0.559. The number of carbonyl (C=O) groups is 1. The number of carbonyl (C=O) groups excluding carboxylic acids is 1. The number of nitrogens with one attached hydrogen (secondary N) is 1. The van der Waals surface area contributed by atoms with E-state index in [4.69, 9.17) is 4.74 Å². The summed E-state index contributed by atoms with van der Waals surface area (Å²) >= 11 is 0. The zero-order valence-electron chi connectivity index (χ0n) is 9.26. The molecule has 1 aromatic rings. The van der Waals surface area contributed by atoms with Gasteiger partial charge in [-0.3, -0.25) is 14.3 Å². The Kier molecular flexibility index (Phi) is 3.10. The maximum absolute atomic E-state index is 11.6. The van der Waals surface area contributed by atoms with Crippen LogP contribution in [-0.2, 0) is 9.47 Å². The van der Waals surface area contributed by atoms with Crippen LogP contribution in [0.3, 0.4) is 0 Å². The molecule has 92 valence electrons. The monoisotopic (exact) mass is 240 g/mol. The highest BCUT2D eigenvalue weighted by Gasteiger charge is 2.21. The number of hydrogen-bond donors (Lipinski definition) is 1. The lowest BCUT2D eigenvalue weighted by Crippen LogP contribution is -2.35. The number of rotatable bonds is 2. The summed E-state index contributed by atoms with van der Waals surface area (Å²) in [7, 11) is 1.17. The first-order valence-corrected chi connectivity index (χ1v) is 5.19. The molecular formula is C10H12N2O5. The molecule has 1 fully saturated rings. The number of methoxy groups -OCH3 is 1. The van der Waals surface area contributed by atoms with Crippen LogP contribution in [-0.4, -0.2) is 29.2 Å². The van der Waals surface area contributed by atoms with Gasteiger partial charge < -0.3 is 9.47 Å². The average molecular weight is 240 g/mol. The van der Waals surface area contributed by atoms with Crippen molar-refractivity contribution in [2.24, 2.45) is 0 Å². The molecule has 1 N–H and O–H groups in total. The fourth-order valence-corrected chi connectivity index (χ4v) is 1.73. The van der Waals surface area contributed by atoms with E-state index in [2.05, 4.69) is 9.72 Å². The molecule has 0 aromatic carbocycles. The van der Waals surface area contributed by atoms with E-state index < -0.39 is 23.4 Å². The van der Waals surface area contributed by atoms with E-state index in [-0.39, 0.29) is 5.56 Å². The predicted molar refractivity (Wildman–Crippen MR) is 56.9 cm³/mol. The fourth-order valence-electron chi connectivity index (χ4n) is 1.73. The molecule has 0 spiro atoms. The molecule has 0 saturated carbocycles. The van der Waals surface area contributed by atoms with Crippen molar-refractivity contribution in [3.05, 3.63) is 32.6 Å². The second-order valence-corrected chi connectivity index (χ2v) is 3.67. The Morgan fingerprint density at radius 1 is 1.59 bits per heavy atom. The average Bonchev–Trinajstić information content (AvgIpc) is 2.81. The van der Waals surface area contributed by atoms with E-state index in [0.717, 1.165) is 6.42 Å². The van der Waals surface area contributed by atoms with Gasteiger partial charge >= 0.3 is 11.7 Å². The third-order valence-electron chi connectivity index (χ3n) is 2.59. The van der Waals surface area contributed by atoms with Crippen LogP contribution < -0.4 is 11.2 Å². The molecule has 0 aliphatic carbocycles. The Labute approximate surface area is 96.0 Å². The molecule has 7 heteroatoms. The minimum absolute atomic E-state index is 0.206. The highest BCUT2D eigenvalue weighted by Crippen LogP contribution is 2.20. The topological polar surface area (TPSA) is 90.4 Å². The van der Waals surface area contributed by atoms with Crippen molar-refractivity contribution < 1.29 is 14.3 Å². The third kappa shape index (κ3) is 2.14. The standard InChI is InChI=1S/C10H12N2O5/c1-16-9(14)6-5-12(7-3-2-4-17-7)10(15)11-8(6)13/h5,7H,2-4H2,1H3,(H,11,13,15). The van der Waals surface area contributed by atoms with Crippen LogP contribution in [0.4, 0.5) is 0 Å². The number of aromatic amines is 1. The zero-order valence-corrected chi connectivity index (χ0v) is 9.26. The SMILES string of the molecule is COC(=O)c1cn(C2CCCO2)c(=O)[nH]c1=O. The summed E-state index contributed by atoms with van der Waals surface area (Å²) in [4.78, 5) is 36.3. The molecule has 7 nitrogen and oxygen atoms in total. The van der Waals surface area contributed by atoms with E-state index in [1.165, 1.54) is 17.9 Å². The molecular weight excluding hydrogens is 228 g/mol. The van der Waals surface area contributed by atoms with Crippen molar-refractivity contribution >= 4 is 5.97 Å². The first-order chi connectivity index (χ1) is 8.13. The van der Waals surface area contributed by atoms with Crippen LogP contribution in [0.2, 0.25) is 0 Å². The molecule has 2 rings (SSSR count). The van der Waals surface area contributed by atoms with Gasteiger partial charge in [-0.1, -0.05) is 0 Å². The summed E-state index contributed by atoms with van der Waals surface area (Å²) in [6.07, 6.45) is 2.27. The van der Waals surface area contributed by atoms with Crippen LogP contribution in [0.5, 0.6) is 0 Å². The van der Waals surface area contributed by atoms with Crippen molar-refractivity contribution in [2.75, 3.05) is 13.7 Å². The quantitative estimate of drug-likeness (QED) is 0.712. The van der Waals surface area contributed by atoms with Crippen molar-refractivity contribution in [1.82, 2.24) is 9.55 Å². The van der Waals surface area contributed by atoms with Crippen LogP contribution in [0, 0.1) is 0 Å². The van der Waals surface area contributed by atoms with Gasteiger partial charge in [-0.15, -0.1) is 0 Å². The van der Waals surface area contributed by atoms with Gasteiger partial charge in [0.15, 0.2) is 0 Å². The van der Waals surface area contributed by atoms with Gasteiger partial charge in [-0.2, -0.15) is 0 Å². The largest absolute Gasteiger partial charge is 0.465 e. The van der Waals surface area contributed by atoms with E-state index in [0.29, 0.717) is 13.0 Å². The Balaban J connectivity index is 2.49. The van der Waals surface area contributed by atoms with Gasteiger partial charge in [0.05, 0.1) is 7.11 Å². The number of aromatic nitrogens is 2. The highest BCUT2D eigenvalue weighted by molar-refractivity contribution is 5.88. The van der Waals surface area contributed by atoms with E-state index in [1.807, 2.05) is 0 Å². The molecule has 1 aliphatic heterocycles. The Bertz CT molecular complexity index is 538. The smallest absolute Gasteiger partial charge is 0.345 e. The number of esters is 1. The van der Waals surface area contributed by atoms with Gasteiger partial charge in [0.1, 0.15) is 11.8 Å². The molecule has 0 bridgehead atoms. The summed E-state index contributed by atoms with van der Waals surface area (Å²) in [5, 5.41) is 0. The first kappa shape index (κ1) is 11.6. The zero-order chi connectivity index (χ0) is 12.4. The number of ether oxygens (including phenoxy) is 2. The molecule has 17 heavy (non-hydrogen) atoms. The van der Waals surface area contributed by atoms with Gasteiger partial charge in [0.2, 0.25) is 0 Å². The Morgan fingerprint density at radius 3 is 2.94 bits per heavy atom. The third-order valence-corrected chi connectivity index (χ3v) is 2.59. The molecule has 1 aromatic heterocycles. The van der Waals surface area contributed by atoms with Crippen molar-refractivity contribution in [2.45, 2.75) is 19.1 Å². The van der Waals surface area contributed by atoms with E-state index in [9.17, 15) is 14.4 Å². The van der Waals surface area contributed by atoms with Gasteiger partial charge in [-0.25, -0.2) is 9.59 Å². The summed E-state index contributed by atoms with van der Waals surface area (Å²) < 4.78 is 11.0. The molecule has 1 aliphatic rings. The van der Waals surface area contributed by atoms with Gasteiger partial charge in [0, 0.05) is 12.8 Å². The minimum Gasteiger partial charge on any atom is -0.465 e. The molecule has 1 atom stereocenters. The van der Waals surface area contributed by atoms with E-state index in [1.54, 1.807) is 0 Å². The van der Waals surface area contributed by atoms with Crippen LogP contribution in [0.15, 0.2) is 15.8 Å². The number of H-pyrrole nitrogens is 1. The Morgan fingerprint density at radius 2 is 2.35 bits per heavy atom. The molecule has 0 radical (unpaired) electrons. The first-order valence-electron chi connectivity index (χ1n) is 5.19. The van der Waals surface area contributed by atoms with Crippen LogP contribution in [0.25, 0.3) is 0 Å². The second kappa shape index (κ2) is 4.54. The van der Waals surface area contributed by atoms with Crippen molar-refractivity contribution in [1.29, 1.82) is 0 Å². The van der Waals surface area contributed by atoms with E-state index >= 15 is 0 Å². The Hall–Kier alpha value is -1.89. The lowest BCUT2D eigenvalue weighted by Gasteiger charge is -2.12. The second-order valence-electron chi connectivity index (χ2n) is 3.67. The van der Waals surface area contributed by atoms with Gasteiger partial charge in [0.25, 0.3) is 5.56 Å². The molecule has 0 amide bonds. The normalized spacial score (nSPS) is 19.2. The maximum atomic E-state index is 11.6. The van der Waals surface area contributed by atoms with Crippen LogP contribution >= 0.6 is 0 Å². The van der Waals surface area contributed by atoms with Crippen molar-refractivity contribution in [3.63, 3.8) is 0 Å². The summed E-state index contributed by atoms with van der Waals surface area (Å²) in [5.41, 5.74) is -1.55. The lowest BCUT2D eigenvalue weighted by atomic mass is 10.3.